The Kier molecular flexibility index (Phi) is 5.76. The van der Waals surface area contributed by atoms with Crippen molar-refractivity contribution in [1.29, 1.82) is 0 Å². The van der Waals surface area contributed by atoms with Crippen LogP contribution in [0.3, 0.4) is 0 Å². The molecule has 2 aromatic rings. The zero-order chi connectivity index (χ0) is 19.6. The summed E-state index contributed by atoms with van der Waals surface area (Å²) in [7, 11) is 1.43. The summed E-state index contributed by atoms with van der Waals surface area (Å²) >= 11 is 6.02. The first-order valence-corrected chi connectivity index (χ1v) is 8.28. The van der Waals surface area contributed by atoms with Gasteiger partial charge in [0.2, 0.25) is 5.69 Å². The number of hydrogen-bond donors (Lipinski definition) is 0. The molecular weight excluding hydrogens is 362 g/mol. The number of esters is 1. The van der Waals surface area contributed by atoms with Gasteiger partial charge in [-0.2, -0.15) is 5.10 Å². The van der Waals surface area contributed by atoms with E-state index in [1.54, 1.807) is 6.92 Å². The normalized spacial score (nSPS) is 10.7. The largest absolute Gasteiger partial charge is 0.421 e. The van der Waals surface area contributed by atoms with E-state index in [1.807, 2.05) is 6.92 Å². The predicted molar refractivity (Wildman–Crippen MR) is 95.0 cm³/mol. The maximum atomic E-state index is 12.6. The predicted octanol–water partition coefficient (Wildman–Crippen LogP) is 3.66. The van der Waals surface area contributed by atoms with Gasteiger partial charge >= 0.3 is 11.7 Å². The van der Waals surface area contributed by atoms with Crippen LogP contribution >= 0.6 is 11.6 Å². The fourth-order valence-corrected chi connectivity index (χ4v) is 2.72. The molecule has 8 nitrogen and oxygen atoms in total. The molecule has 0 N–H and O–H groups in total. The second-order valence-corrected chi connectivity index (χ2v) is 6.23. The molecule has 0 aliphatic rings. The van der Waals surface area contributed by atoms with Gasteiger partial charge in [0, 0.05) is 12.1 Å². The van der Waals surface area contributed by atoms with Gasteiger partial charge in [0.15, 0.2) is 5.78 Å². The van der Waals surface area contributed by atoms with Crippen molar-refractivity contribution in [2.24, 2.45) is 7.05 Å². The van der Waals surface area contributed by atoms with E-state index in [1.165, 1.54) is 26.1 Å². The van der Waals surface area contributed by atoms with Crippen molar-refractivity contribution in [3.05, 3.63) is 49.8 Å². The molecule has 9 heteroatoms. The van der Waals surface area contributed by atoms with Gasteiger partial charge in [-0.1, -0.05) is 24.9 Å². The molecule has 2 rings (SSSR count). The molecule has 0 atom stereocenters. The van der Waals surface area contributed by atoms with Crippen LogP contribution in [0, 0.1) is 17.0 Å². The van der Waals surface area contributed by atoms with E-state index in [2.05, 4.69) is 5.10 Å². The SMILES string of the molecule is CCCc1nn(C)c(C(=O)Oc2cc(C)c(Cl)cc2C(C)=O)c1[N+](=O)[O-]. The highest BCUT2D eigenvalue weighted by Crippen LogP contribution is 2.30. The van der Waals surface area contributed by atoms with Crippen LogP contribution in [0.1, 0.15) is 52.4 Å². The van der Waals surface area contributed by atoms with Gasteiger partial charge < -0.3 is 4.74 Å². The number of carbonyl (C=O) groups excluding carboxylic acids is 2. The summed E-state index contributed by atoms with van der Waals surface area (Å²) in [5, 5.41) is 15.8. The Morgan fingerprint density at radius 3 is 2.58 bits per heavy atom. The third-order valence-corrected chi connectivity index (χ3v) is 4.20. The summed E-state index contributed by atoms with van der Waals surface area (Å²) in [4.78, 5) is 35.2. The van der Waals surface area contributed by atoms with E-state index in [-0.39, 0.29) is 34.2 Å². The van der Waals surface area contributed by atoms with Crippen molar-refractivity contribution in [3.8, 4) is 5.75 Å². The molecule has 0 saturated carbocycles. The molecule has 0 bridgehead atoms. The molecule has 1 aromatic heterocycles. The number of ether oxygens (including phenoxy) is 1. The number of halogens is 1. The standard InChI is InChI=1S/C17H18ClN3O5/c1-5-6-13-15(21(24)25)16(20(4)19-13)17(23)26-14-7-9(2)12(18)8-11(14)10(3)22/h7-8H,5-6H2,1-4H3. The Morgan fingerprint density at radius 1 is 1.38 bits per heavy atom. The molecule has 0 aliphatic carbocycles. The Balaban J connectivity index is 2.51. The second-order valence-electron chi connectivity index (χ2n) is 5.82. The zero-order valence-corrected chi connectivity index (χ0v) is 15.6. The molecule has 26 heavy (non-hydrogen) atoms. The smallest absolute Gasteiger partial charge is 0.369 e. The van der Waals surface area contributed by atoms with E-state index in [4.69, 9.17) is 16.3 Å². The quantitative estimate of drug-likeness (QED) is 0.249. The molecule has 0 unspecified atom stereocenters. The third-order valence-electron chi connectivity index (χ3n) is 3.80. The molecule has 0 amide bonds. The number of carbonyl (C=O) groups is 2. The number of nitrogens with zero attached hydrogens (tertiary/aromatic N) is 3. The molecule has 138 valence electrons. The van der Waals surface area contributed by atoms with Gasteiger partial charge in [-0.05, 0) is 38.0 Å². The van der Waals surface area contributed by atoms with Crippen LogP contribution < -0.4 is 4.74 Å². The monoisotopic (exact) mass is 379 g/mol. The highest BCUT2D eigenvalue weighted by Gasteiger charge is 2.32. The molecule has 1 aromatic carbocycles. The molecule has 0 aliphatic heterocycles. The number of ketones is 1. The van der Waals surface area contributed by atoms with Gasteiger partial charge in [-0.25, -0.2) is 4.79 Å². The lowest BCUT2D eigenvalue weighted by Gasteiger charge is -2.10. The van der Waals surface area contributed by atoms with E-state index < -0.39 is 10.9 Å². The number of Topliss-reactive ketones (excluding diaryl/α,β-unsaturated/α-hetero) is 1. The Morgan fingerprint density at radius 2 is 2.04 bits per heavy atom. The first-order chi connectivity index (χ1) is 12.2. The van der Waals surface area contributed by atoms with Gasteiger partial charge in [0.25, 0.3) is 0 Å². The van der Waals surface area contributed by atoms with E-state index >= 15 is 0 Å². The third kappa shape index (κ3) is 3.75. The second kappa shape index (κ2) is 7.65. The van der Waals surface area contributed by atoms with Crippen LogP contribution in [-0.4, -0.2) is 26.5 Å². The van der Waals surface area contributed by atoms with Crippen molar-refractivity contribution in [2.45, 2.75) is 33.6 Å². The lowest BCUT2D eigenvalue weighted by molar-refractivity contribution is -0.386. The lowest BCUT2D eigenvalue weighted by atomic mass is 10.1. The average Bonchev–Trinajstić information content (AvgIpc) is 2.87. The summed E-state index contributed by atoms with van der Waals surface area (Å²) in [5.41, 5.74) is 0.277. The maximum Gasteiger partial charge on any atom is 0.369 e. The van der Waals surface area contributed by atoms with Crippen molar-refractivity contribution in [3.63, 3.8) is 0 Å². The summed E-state index contributed by atoms with van der Waals surface area (Å²) in [6.07, 6.45) is 0.993. The first kappa shape index (κ1) is 19.6. The van der Waals surface area contributed by atoms with Crippen LogP contribution in [0.5, 0.6) is 5.75 Å². The minimum absolute atomic E-state index is 0.00283. The van der Waals surface area contributed by atoms with Crippen LogP contribution in [0.2, 0.25) is 5.02 Å². The number of benzene rings is 1. The van der Waals surface area contributed by atoms with Crippen molar-refractivity contribution in [1.82, 2.24) is 9.78 Å². The number of aryl methyl sites for hydroxylation is 3. The first-order valence-electron chi connectivity index (χ1n) is 7.90. The number of rotatable bonds is 6. The van der Waals surface area contributed by atoms with Gasteiger partial charge in [0.05, 0.1) is 10.5 Å². The highest BCUT2D eigenvalue weighted by atomic mass is 35.5. The Hall–Kier alpha value is -2.74. The van der Waals surface area contributed by atoms with Crippen LogP contribution in [0.25, 0.3) is 0 Å². The average molecular weight is 380 g/mol. The molecule has 1 heterocycles. The fourth-order valence-electron chi connectivity index (χ4n) is 2.56. The maximum absolute atomic E-state index is 12.6. The Labute approximate surface area is 154 Å². The van der Waals surface area contributed by atoms with E-state index in [0.29, 0.717) is 23.4 Å². The molecule has 0 saturated heterocycles. The van der Waals surface area contributed by atoms with Crippen molar-refractivity contribution < 1.29 is 19.2 Å². The molecule has 0 radical (unpaired) electrons. The van der Waals surface area contributed by atoms with E-state index in [0.717, 1.165) is 4.68 Å². The summed E-state index contributed by atoms with van der Waals surface area (Å²) < 4.78 is 6.43. The fraction of sp³-hybridized carbons (Fsp3) is 0.353. The minimum atomic E-state index is -0.960. The van der Waals surface area contributed by atoms with Gasteiger partial charge in [-0.15, -0.1) is 0 Å². The number of aromatic nitrogens is 2. The van der Waals surface area contributed by atoms with Gasteiger partial charge in [0.1, 0.15) is 11.4 Å². The van der Waals surface area contributed by atoms with Crippen LogP contribution in [0.4, 0.5) is 5.69 Å². The summed E-state index contributed by atoms with van der Waals surface area (Å²) in [5.74, 6) is -1.31. The summed E-state index contributed by atoms with van der Waals surface area (Å²) in [6.45, 7) is 4.85. The summed E-state index contributed by atoms with van der Waals surface area (Å²) in [6, 6.07) is 2.86. The minimum Gasteiger partial charge on any atom is -0.421 e. The molecule has 0 spiro atoms. The van der Waals surface area contributed by atoms with E-state index in [9.17, 15) is 19.7 Å². The number of nitro groups is 1. The molecular formula is C17H18ClN3O5. The van der Waals surface area contributed by atoms with Crippen molar-refractivity contribution in [2.75, 3.05) is 0 Å². The van der Waals surface area contributed by atoms with Crippen molar-refractivity contribution >= 4 is 29.0 Å². The lowest BCUT2D eigenvalue weighted by Crippen LogP contribution is -2.16. The topological polar surface area (TPSA) is 104 Å². The highest BCUT2D eigenvalue weighted by molar-refractivity contribution is 6.31. The zero-order valence-electron chi connectivity index (χ0n) is 14.8. The Bertz CT molecular complexity index is 904. The van der Waals surface area contributed by atoms with Gasteiger partial charge in [-0.3, -0.25) is 19.6 Å². The van der Waals surface area contributed by atoms with Crippen LogP contribution in [-0.2, 0) is 13.5 Å². The van der Waals surface area contributed by atoms with Crippen LogP contribution in [0.15, 0.2) is 12.1 Å². The molecule has 0 fully saturated rings. The number of hydrogen-bond acceptors (Lipinski definition) is 6.